The molecule has 0 aliphatic heterocycles. The van der Waals surface area contributed by atoms with Crippen molar-refractivity contribution in [3.05, 3.63) is 0 Å². The standard InChI is InChI=1S/C4H9BN2O7/c8-3(9)1-6-13-5(12)14-7-2-4(10)11/h6-7,12H,1-2H2,(H,8,9)(H,10,11). The second kappa shape index (κ2) is 7.23. The number of hydrogen-bond acceptors (Lipinski definition) is 7. The zero-order chi connectivity index (χ0) is 11.0. The number of carboxylic acid groups (broad SMARTS) is 2. The molecule has 0 aliphatic rings. The van der Waals surface area contributed by atoms with Crippen LogP contribution < -0.4 is 11.0 Å². The molecule has 0 heterocycles. The van der Waals surface area contributed by atoms with Crippen molar-refractivity contribution in [2.75, 3.05) is 13.1 Å². The van der Waals surface area contributed by atoms with Crippen LogP contribution in [0.1, 0.15) is 0 Å². The van der Waals surface area contributed by atoms with Crippen LogP contribution in [0.25, 0.3) is 0 Å². The van der Waals surface area contributed by atoms with E-state index in [1.807, 2.05) is 11.0 Å². The maximum absolute atomic E-state index is 9.93. The first kappa shape index (κ1) is 12.8. The molecule has 0 saturated heterocycles. The summed E-state index contributed by atoms with van der Waals surface area (Å²) in [6.45, 7) is -1.06. The highest BCUT2D eigenvalue weighted by atomic mass is 16.8. The van der Waals surface area contributed by atoms with Crippen LogP contribution in [0.2, 0.25) is 0 Å². The Labute approximate surface area is 78.7 Å². The predicted octanol–water partition coefficient (Wildman–Crippen LogP) is -2.82. The van der Waals surface area contributed by atoms with E-state index in [1.54, 1.807) is 0 Å². The van der Waals surface area contributed by atoms with Gasteiger partial charge in [-0.3, -0.25) is 19.1 Å². The smallest absolute Gasteiger partial charge is 0.480 e. The number of rotatable bonds is 8. The van der Waals surface area contributed by atoms with Crippen molar-refractivity contribution in [1.29, 1.82) is 0 Å². The first-order valence-corrected chi connectivity index (χ1v) is 3.41. The van der Waals surface area contributed by atoms with Gasteiger partial charge in [0.25, 0.3) is 0 Å². The molecule has 0 rings (SSSR count). The summed E-state index contributed by atoms with van der Waals surface area (Å²) in [4.78, 5) is 19.9. The van der Waals surface area contributed by atoms with Gasteiger partial charge in [-0.15, -0.1) is 0 Å². The Bertz CT molecular complexity index is 180. The molecular weight excluding hydrogens is 199 g/mol. The Morgan fingerprint density at radius 3 is 1.71 bits per heavy atom. The molecule has 0 unspecified atom stereocenters. The van der Waals surface area contributed by atoms with E-state index < -0.39 is 32.3 Å². The van der Waals surface area contributed by atoms with E-state index in [0.717, 1.165) is 0 Å². The maximum Gasteiger partial charge on any atom is 0.671 e. The molecule has 0 spiro atoms. The van der Waals surface area contributed by atoms with Gasteiger partial charge in [-0.05, 0) is 0 Å². The summed E-state index contributed by atoms with van der Waals surface area (Å²) in [5.74, 6) is -2.37. The minimum atomic E-state index is -1.80. The van der Waals surface area contributed by atoms with Crippen LogP contribution >= 0.6 is 0 Å². The van der Waals surface area contributed by atoms with Gasteiger partial charge in [0.05, 0.1) is 0 Å². The molecule has 0 radical (unpaired) electrons. The van der Waals surface area contributed by atoms with Crippen molar-refractivity contribution in [3.8, 4) is 0 Å². The quantitative estimate of drug-likeness (QED) is 0.211. The summed E-state index contributed by atoms with van der Waals surface area (Å²) in [7, 11) is -1.80. The summed E-state index contributed by atoms with van der Waals surface area (Å²) >= 11 is 0. The maximum atomic E-state index is 9.93. The first-order valence-electron chi connectivity index (χ1n) is 3.41. The largest absolute Gasteiger partial charge is 0.671 e. The lowest BCUT2D eigenvalue weighted by atomic mass is 10.3. The van der Waals surface area contributed by atoms with Crippen molar-refractivity contribution in [1.82, 2.24) is 11.0 Å². The molecule has 0 aliphatic carbocycles. The number of carboxylic acids is 2. The summed E-state index contributed by atoms with van der Waals surface area (Å²) in [5, 5.41) is 25.0. The van der Waals surface area contributed by atoms with Gasteiger partial charge >= 0.3 is 19.3 Å². The lowest BCUT2D eigenvalue weighted by Gasteiger charge is -2.07. The van der Waals surface area contributed by atoms with Gasteiger partial charge in [-0.1, -0.05) is 0 Å². The van der Waals surface area contributed by atoms with Gasteiger partial charge in [0, 0.05) is 0 Å². The lowest BCUT2D eigenvalue weighted by molar-refractivity contribution is -0.137. The molecule has 0 bridgehead atoms. The van der Waals surface area contributed by atoms with Gasteiger partial charge in [-0.2, -0.15) is 0 Å². The van der Waals surface area contributed by atoms with Gasteiger partial charge < -0.3 is 15.2 Å². The molecule has 10 heteroatoms. The number of hydrogen-bond donors (Lipinski definition) is 5. The summed E-state index contributed by atoms with van der Waals surface area (Å²) in [5.41, 5.74) is 3.72. The van der Waals surface area contributed by atoms with Crippen LogP contribution in [0.3, 0.4) is 0 Å². The van der Waals surface area contributed by atoms with Crippen molar-refractivity contribution in [2.45, 2.75) is 0 Å². The normalized spacial score (nSPS) is 9.79. The van der Waals surface area contributed by atoms with Crippen LogP contribution in [-0.4, -0.2) is 47.6 Å². The lowest BCUT2D eigenvalue weighted by Crippen LogP contribution is -2.38. The highest BCUT2D eigenvalue weighted by Gasteiger charge is 2.17. The number of hydroxylamine groups is 2. The number of nitrogens with one attached hydrogen (secondary N) is 2. The zero-order valence-corrected chi connectivity index (χ0v) is 6.97. The monoisotopic (exact) mass is 208 g/mol. The second-order valence-electron chi connectivity index (χ2n) is 1.97. The minimum absolute atomic E-state index is 0.528. The molecular formula is C4H9BN2O7. The van der Waals surface area contributed by atoms with E-state index in [4.69, 9.17) is 15.2 Å². The van der Waals surface area contributed by atoms with Crippen molar-refractivity contribution in [3.63, 3.8) is 0 Å². The van der Waals surface area contributed by atoms with Crippen molar-refractivity contribution < 1.29 is 34.3 Å². The third-order valence-electron chi connectivity index (χ3n) is 0.815. The minimum Gasteiger partial charge on any atom is -0.480 e. The fourth-order valence-electron chi connectivity index (χ4n) is 0.373. The van der Waals surface area contributed by atoms with Gasteiger partial charge in [0.2, 0.25) is 0 Å². The van der Waals surface area contributed by atoms with E-state index in [1.165, 1.54) is 0 Å². The van der Waals surface area contributed by atoms with E-state index in [9.17, 15) is 9.59 Å². The molecule has 5 N–H and O–H groups in total. The van der Waals surface area contributed by atoms with Gasteiger partial charge in [-0.25, -0.2) is 11.0 Å². The Balaban J connectivity index is 3.32. The third kappa shape index (κ3) is 8.90. The van der Waals surface area contributed by atoms with Crippen LogP contribution in [0, 0.1) is 0 Å². The summed E-state index contributed by atoms with van der Waals surface area (Å²) in [6, 6.07) is 0. The number of carbonyl (C=O) groups is 2. The average molecular weight is 208 g/mol. The molecule has 0 fully saturated rings. The van der Waals surface area contributed by atoms with E-state index in [-0.39, 0.29) is 0 Å². The van der Waals surface area contributed by atoms with E-state index in [2.05, 4.69) is 9.51 Å². The Kier molecular flexibility index (Phi) is 6.61. The molecule has 0 aromatic carbocycles. The molecule has 80 valence electrons. The van der Waals surface area contributed by atoms with E-state index >= 15 is 0 Å². The molecule has 14 heavy (non-hydrogen) atoms. The second-order valence-corrected chi connectivity index (χ2v) is 1.97. The Hall–Kier alpha value is -1.20. The van der Waals surface area contributed by atoms with Crippen LogP contribution in [0.15, 0.2) is 0 Å². The van der Waals surface area contributed by atoms with Crippen LogP contribution in [0.5, 0.6) is 0 Å². The van der Waals surface area contributed by atoms with Crippen LogP contribution in [0.4, 0.5) is 0 Å². The first-order chi connectivity index (χ1) is 6.52. The summed E-state index contributed by atoms with van der Waals surface area (Å²) < 4.78 is 8.36. The van der Waals surface area contributed by atoms with Crippen molar-refractivity contribution >= 4 is 19.3 Å². The molecule has 0 amide bonds. The SMILES string of the molecule is O=C(O)CNOB(O)ONCC(=O)O. The van der Waals surface area contributed by atoms with Crippen LogP contribution in [-0.2, 0) is 19.1 Å². The molecule has 0 saturated carbocycles. The topological polar surface area (TPSA) is 137 Å². The highest BCUT2D eigenvalue weighted by Crippen LogP contribution is 1.77. The van der Waals surface area contributed by atoms with Crippen molar-refractivity contribution in [2.24, 2.45) is 0 Å². The van der Waals surface area contributed by atoms with E-state index in [0.29, 0.717) is 0 Å². The number of aliphatic carboxylic acids is 2. The molecule has 0 aromatic heterocycles. The Morgan fingerprint density at radius 2 is 1.43 bits per heavy atom. The van der Waals surface area contributed by atoms with Gasteiger partial charge in [0.1, 0.15) is 13.1 Å². The third-order valence-corrected chi connectivity index (χ3v) is 0.815. The Morgan fingerprint density at radius 1 is 1.07 bits per heavy atom. The molecule has 0 atom stereocenters. The summed E-state index contributed by atoms with van der Waals surface area (Å²) in [6.07, 6.45) is 0. The zero-order valence-electron chi connectivity index (χ0n) is 6.97. The highest BCUT2D eigenvalue weighted by molar-refractivity contribution is 6.34. The predicted molar refractivity (Wildman–Crippen MR) is 41.4 cm³/mol. The molecule has 0 aromatic rings. The fraction of sp³-hybridized carbons (Fsp3) is 0.500. The average Bonchev–Trinajstić information content (AvgIpc) is 2.02. The van der Waals surface area contributed by atoms with Gasteiger partial charge in [0.15, 0.2) is 0 Å². The molecule has 9 nitrogen and oxygen atoms in total. The fourth-order valence-corrected chi connectivity index (χ4v) is 0.373.